The van der Waals surface area contributed by atoms with Gasteiger partial charge in [-0.3, -0.25) is 0 Å². The molecule has 0 saturated heterocycles. The van der Waals surface area contributed by atoms with Gasteiger partial charge in [0.2, 0.25) is 0 Å². The monoisotopic (exact) mass is 396 g/mol. The van der Waals surface area contributed by atoms with Crippen LogP contribution in [0.25, 0.3) is 33.5 Å². The number of fused-ring (bicyclic) bond motifs is 1. The summed E-state index contributed by atoms with van der Waals surface area (Å²) in [5.41, 5.74) is 4.04. The molecule has 2 aromatic heterocycles. The topological polar surface area (TPSA) is 58.9 Å². The highest BCUT2D eigenvalue weighted by Gasteiger charge is 2.16. The van der Waals surface area contributed by atoms with Crippen LogP contribution in [0.1, 0.15) is 0 Å². The van der Waals surface area contributed by atoms with Crippen molar-refractivity contribution in [3.8, 4) is 22.5 Å². The molecule has 0 aliphatic heterocycles. The maximum atomic E-state index is 12.4. The fraction of sp³-hybridized carbons (Fsp3) is 0. The van der Waals surface area contributed by atoms with E-state index < -0.39 is 0 Å². The van der Waals surface area contributed by atoms with Crippen molar-refractivity contribution >= 4 is 22.7 Å². The Bertz CT molecular complexity index is 1280. The standard InChI is InChI=1S/C24H16N2O2S/c27-23-20(15-18-13-7-8-14-19(18)28-23)29-24-25-21(16-9-3-1-4-10-16)22(26-24)17-11-5-2-6-12-17/h1-15H,(H,25,26). The zero-order valence-electron chi connectivity index (χ0n) is 15.3. The zero-order chi connectivity index (χ0) is 19.6. The largest absolute Gasteiger partial charge is 0.422 e. The molecule has 0 spiro atoms. The summed E-state index contributed by atoms with van der Waals surface area (Å²) in [5.74, 6) is 0. The minimum atomic E-state index is -0.368. The van der Waals surface area contributed by atoms with Gasteiger partial charge in [0.15, 0.2) is 5.16 Å². The number of nitrogens with zero attached hydrogens (tertiary/aromatic N) is 1. The lowest BCUT2D eigenvalue weighted by atomic mass is 10.1. The lowest BCUT2D eigenvalue weighted by Gasteiger charge is -2.02. The molecule has 5 aromatic rings. The third-order valence-electron chi connectivity index (χ3n) is 4.61. The van der Waals surface area contributed by atoms with E-state index in [9.17, 15) is 4.79 Å². The first-order valence-corrected chi connectivity index (χ1v) is 10.0. The summed E-state index contributed by atoms with van der Waals surface area (Å²) in [5, 5.41) is 1.53. The minimum absolute atomic E-state index is 0.368. The molecular weight excluding hydrogens is 380 g/mol. The Morgan fingerprint density at radius 3 is 2.21 bits per heavy atom. The average Bonchev–Trinajstić information content (AvgIpc) is 3.19. The van der Waals surface area contributed by atoms with Gasteiger partial charge in [0, 0.05) is 16.5 Å². The van der Waals surface area contributed by atoms with Crippen LogP contribution in [0.4, 0.5) is 0 Å². The Labute approximate surface area is 171 Å². The molecule has 140 valence electrons. The summed E-state index contributed by atoms with van der Waals surface area (Å²) in [6.45, 7) is 0. The van der Waals surface area contributed by atoms with Crippen molar-refractivity contribution in [2.24, 2.45) is 0 Å². The molecule has 0 unspecified atom stereocenters. The lowest BCUT2D eigenvalue weighted by molar-refractivity contribution is 0.543. The van der Waals surface area contributed by atoms with Crippen LogP contribution in [0.5, 0.6) is 0 Å². The second-order valence-corrected chi connectivity index (χ2v) is 7.57. The molecule has 0 saturated carbocycles. The number of H-pyrrole nitrogens is 1. The van der Waals surface area contributed by atoms with E-state index in [2.05, 4.69) is 4.98 Å². The van der Waals surface area contributed by atoms with E-state index in [1.807, 2.05) is 84.9 Å². The van der Waals surface area contributed by atoms with Crippen LogP contribution in [0.3, 0.4) is 0 Å². The number of imidazole rings is 1. The van der Waals surface area contributed by atoms with Crippen molar-refractivity contribution in [3.05, 3.63) is 101 Å². The Balaban J connectivity index is 1.61. The molecule has 5 rings (SSSR count). The van der Waals surface area contributed by atoms with Gasteiger partial charge in [0.05, 0.1) is 11.4 Å². The van der Waals surface area contributed by atoms with Gasteiger partial charge in [-0.05, 0) is 23.9 Å². The van der Waals surface area contributed by atoms with Gasteiger partial charge in [-0.1, -0.05) is 78.9 Å². The average molecular weight is 396 g/mol. The van der Waals surface area contributed by atoms with Crippen LogP contribution in [0.15, 0.2) is 110 Å². The zero-order valence-corrected chi connectivity index (χ0v) is 16.1. The Hall–Kier alpha value is -3.57. The number of rotatable bonds is 4. The molecule has 0 aliphatic carbocycles. The van der Waals surface area contributed by atoms with Crippen molar-refractivity contribution in [2.75, 3.05) is 0 Å². The fourth-order valence-corrected chi connectivity index (χ4v) is 4.05. The summed E-state index contributed by atoms with van der Waals surface area (Å²) < 4.78 is 5.45. The SMILES string of the molecule is O=c1oc2ccccc2cc1Sc1nc(-c2ccccc2)c(-c2ccccc2)[nH]1. The number of hydrogen-bond acceptors (Lipinski definition) is 4. The van der Waals surface area contributed by atoms with E-state index in [4.69, 9.17) is 9.40 Å². The molecule has 0 amide bonds. The van der Waals surface area contributed by atoms with Gasteiger partial charge < -0.3 is 9.40 Å². The van der Waals surface area contributed by atoms with Crippen molar-refractivity contribution < 1.29 is 4.42 Å². The number of nitrogens with one attached hydrogen (secondary N) is 1. The van der Waals surface area contributed by atoms with Gasteiger partial charge in [-0.2, -0.15) is 0 Å². The molecule has 2 heterocycles. The molecule has 29 heavy (non-hydrogen) atoms. The van der Waals surface area contributed by atoms with E-state index in [1.54, 1.807) is 6.07 Å². The lowest BCUT2D eigenvalue weighted by Crippen LogP contribution is -2.01. The van der Waals surface area contributed by atoms with Gasteiger partial charge in [-0.15, -0.1) is 0 Å². The third-order valence-corrected chi connectivity index (χ3v) is 5.50. The Kier molecular flexibility index (Phi) is 4.50. The highest BCUT2D eigenvalue weighted by molar-refractivity contribution is 7.99. The smallest absolute Gasteiger partial charge is 0.350 e. The quantitative estimate of drug-likeness (QED) is 0.378. The maximum absolute atomic E-state index is 12.4. The van der Waals surface area contributed by atoms with E-state index in [0.29, 0.717) is 15.6 Å². The first kappa shape index (κ1) is 17.5. The molecule has 0 bridgehead atoms. The van der Waals surface area contributed by atoms with Crippen molar-refractivity contribution in [1.29, 1.82) is 0 Å². The number of para-hydroxylation sites is 1. The normalized spacial score (nSPS) is 11.0. The van der Waals surface area contributed by atoms with Crippen LogP contribution in [-0.2, 0) is 0 Å². The predicted molar refractivity (Wildman–Crippen MR) is 116 cm³/mol. The molecule has 5 heteroatoms. The first-order chi connectivity index (χ1) is 14.3. The van der Waals surface area contributed by atoms with Gasteiger partial charge in [0.25, 0.3) is 0 Å². The highest BCUT2D eigenvalue weighted by Crippen LogP contribution is 2.34. The summed E-state index contributed by atoms with van der Waals surface area (Å²) >= 11 is 1.28. The summed E-state index contributed by atoms with van der Waals surface area (Å²) in [4.78, 5) is 21.1. The first-order valence-electron chi connectivity index (χ1n) is 9.19. The van der Waals surface area contributed by atoms with Crippen LogP contribution < -0.4 is 5.63 Å². The predicted octanol–water partition coefficient (Wildman–Crippen LogP) is 6.00. The molecular formula is C24H16N2O2S. The van der Waals surface area contributed by atoms with Crippen molar-refractivity contribution in [2.45, 2.75) is 10.1 Å². The molecule has 0 fully saturated rings. The van der Waals surface area contributed by atoms with E-state index in [1.165, 1.54) is 11.8 Å². The Morgan fingerprint density at radius 1 is 0.793 bits per heavy atom. The van der Waals surface area contributed by atoms with E-state index >= 15 is 0 Å². The van der Waals surface area contributed by atoms with Crippen LogP contribution in [0, 0.1) is 0 Å². The van der Waals surface area contributed by atoms with Gasteiger partial charge in [0.1, 0.15) is 10.5 Å². The summed E-state index contributed by atoms with van der Waals surface area (Å²) in [6.07, 6.45) is 0. The van der Waals surface area contributed by atoms with E-state index in [-0.39, 0.29) is 5.63 Å². The van der Waals surface area contributed by atoms with Crippen molar-refractivity contribution in [1.82, 2.24) is 9.97 Å². The number of aromatic amines is 1. The molecule has 0 radical (unpaired) electrons. The van der Waals surface area contributed by atoms with Crippen LogP contribution in [0.2, 0.25) is 0 Å². The minimum Gasteiger partial charge on any atom is -0.422 e. The molecule has 4 nitrogen and oxygen atoms in total. The number of benzene rings is 3. The maximum Gasteiger partial charge on any atom is 0.350 e. The number of aromatic nitrogens is 2. The molecule has 1 N–H and O–H groups in total. The molecule has 0 aliphatic rings. The fourth-order valence-electron chi connectivity index (χ4n) is 3.24. The third kappa shape index (κ3) is 3.48. The summed E-state index contributed by atoms with van der Waals surface area (Å²) in [6, 6.07) is 29.4. The number of hydrogen-bond donors (Lipinski definition) is 1. The highest BCUT2D eigenvalue weighted by atomic mass is 32.2. The molecule has 0 atom stereocenters. The van der Waals surface area contributed by atoms with Crippen LogP contribution >= 0.6 is 11.8 Å². The van der Waals surface area contributed by atoms with Gasteiger partial charge >= 0.3 is 5.63 Å². The van der Waals surface area contributed by atoms with E-state index in [0.717, 1.165) is 27.9 Å². The van der Waals surface area contributed by atoms with Gasteiger partial charge in [-0.25, -0.2) is 9.78 Å². The second-order valence-electron chi connectivity index (χ2n) is 6.54. The second kappa shape index (κ2) is 7.45. The van der Waals surface area contributed by atoms with Crippen LogP contribution in [-0.4, -0.2) is 9.97 Å². The van der Waals surface area contributed by atoms with Crippen molar-refractivity contribution in [3.63, 3.8) is 0 Å². The molecule has 3 aromatic carbocycles. The Morgan fingerprint density at radius 2 is 1.45 bits per heavy atom. The summed E-state index contributed by atoms with van der Waals surface area (Å²) in [7, 11) is 0.